The van der Waals surface area contributed by atoms with Gasteiger partial charge < -0.3 is 19.7 Å². The molecule has 0 saturated heterocycles. The molecule has 188 valence electrons. The van der Waals surface area contributed by atoms with Gasteiger partial charge in [-0.05, 0) is 49.1 Å². The highest BCUT2D eigenvalue weighted by Crippen LogP contribution is 2.35. The Morgan fingerprint density at radius 2 is 1.67 bits per heavy atom. The second kappa shape index (κ2) is 10.7. The van der Waals surface area contributed by atoms with Crippen LogP contribution in [0.1, 0.15) is 17.5 Å². The van der Waals surface area contributed by atoms with Gasteiger partial charge in [-0.25, -0.2) is 17.9 Å². The zero-order valence-electron chi connectivity index (χ0n) is 19.9. The minimum Gasteiger partial charge on any atom is -0.454 e. The minimum absolute atomic E-state index is 0.00945. The van der Waals surface area contributed by atoms with E-state index in [0.717, 1.165) is 5.56 Å². The second-order valence-corrected chi connectivity index (χ2v) is 10.0. The Kier molecular flexibility index (Phi) is 7.44. The summed E-state index contributed by atoms with van der Waals surface area (Å²) >= 11 is 0. The van der Waals surface area contributed by atoms with Crippen molar-refractivity contribution >= 4 is 27.6 Å². The van der Waals surface area contributed by atoms with Gasteiger partial charge in [-0.3, -0.25) is 4.79 Å². The molecule has 3 aromatic carbocycles. The summed E-state index contributed by atoms with van der Waals surface area (Å²) in [6.45, 7) is 1.74. The van der Waals surface area contributed by atoms with Crippen LogP contribution in [-0.2, 0) is 21.2 Å². The maximum atomic E-state index is 13.5. The smallest absolute Gasteiger partial charge is 0.329 e. The number of sulfonamides is 1. The van der Waals surface area contributed by atoms with Crippen molar-refractivity contribution in [1.29, 1.82) is 0 Å². The molecular weight excluding hydrogens is 482 g/mol. The fraction of sp³-hybridized carbons (Fsp3) is 0.231. The lowest BCUT2D eigenvalue weighted by molar-refractivity contribution is -0.120. The van der Waals surface area contributed by atoms with Crippen LogP contribution in [0.25, 0.3) is 0 Å². The van der Waals surface area contributed by atoms with Gasteiger partial charge in [-0.2, -0.15) is 0 Å². The van der Waals surface area contributed by atoms with Gasteiger partial charge in [-0.1, -0.05) is 48.5 Å². The van der Waals surface area contributed by atoms with Crippen molar-refractivity contribution < 1.29 is 27.5 Å². The third-order valence-electron chi connectivity index (χ3n) is 5.85. The Hall–Kier alpha value is -4.05. The van der Waals surface area contributed by atoms with Crippen LogP contribution < -0.4 is 24.4 Å². The summed E-state index contributed by atoms with van der Waals surface area (Å²) in [5, 5.41) is 2.56. The lowest BCUT2D eigenvalue weighted by atomic mass is 10.0. The molecular formula is C26H27N3O6S. The molecule has 36 heavy (non-hydrogen) atoms. The molecule has 1 aliphatic heterocycles. The predicted molar refractivity (Wildman–Crippen MR) is 135 cm³/mol. The molecule has 0 fully saturated rings. The highest BCUT2D eigenvalue weighted by molar-refractivity contribution is 7.90. The van der Waals surface area contributed by atoms with Gasteiger partial charge in [0.2, 0.25) is 12.7 Å². The van der Waals surface area contributed by atoms with Gasteiger partial charge in [0.1, 0.15) is 6.04 Å². The molecule has 0 aliphatic carbocycles. The number of fused-ring (bicyclic) bond motifs is 1. The molecule has 0 unspecified atom stereocenters. The highest BCUT2D eigenvalue weighted by atomic mass is 32.2. The fourth-order valence-corrected chi connectivity index (χ4v) is 5.05. The SMILES string of the molecule is Cc1ccccc1S(=O)(=O)NC(=O)N[C@@H](CCc1ccccc1)C(=O)N(C)c1ccc2c(c1)OCO2. The molecule has 1 aliphatic rings. The average Bonchev–Trinajstić information content (AvgIpc) is 3.34. The zero-order chi connectivity index (χ0) is 25.7. The van der Waals surface area contributed by atoms with Crippen molar-refractivity contribution in [3.63, 3.8) is 0 Å². The number of amides is 3. The van der Waals surface area contributed by atoms with Gasteiger partial charge in [0, 0.05) is 18.8 Å². The number of hydrogen-bond donors (Lipinski definition) is 2. The van der Waals surface area contributed by atoms with Crippen molar-refractivity contribution in [3.8, 4) is 11.5 Å². The van der Waals surface area contributed by atoms with Crippen LogP contribution in [0.2, 0.25) is 0 Å². The third kappa shape index (κ3) is 5.77. The van der Waals surface area contributed by atoms with Crippen LogP contribution in [-0.4, -0.2) is 40.2 Å². The largest absolute Gasteiger partial charge is 0.454 e. The molecule has 1 atom stereocenters. The second-order valence-electron chi connectivity index (χ2n) is 8.36. The van der Waals surface area contributed by atoms with E-state index in [-0.39, 0.29) is 18.1 Å². The van der Waals surface area contributed by atoms with Gasteiger partial charge in [-0.15, -0.1) is 0 Å². The summed E-state index contributed by atoms with van der Waals surface area (Å²) in [5.41, 5.74) is 2.02. The molecule has 0 radical (unpaired) electrons. The number of benzene rings is 3. The lowest BCUT2D eigenvalue weighted by Crippen LogP contribution is -2.51. The number of anilines is 1. The average molecular weight is 510 g/mol. The van der Waals surface area contributed by atoms with Crippen molar-refractivity contribution in [2.24, 2.45) is 0 Å². The summed E-state index contributed by atoms with van der Waals surface area (Å²) in [4.78, 5) is 27.6. The molecule has 9 nitrogen and oxygen atoms in total. The summed E-state index contributed by atoms with van der Waals surface area (Å²) < 4.78 is 38.3. The van der Waals surface area contributed by atoms with Crippen LogP contribution in [0.5, 0.6) is 11.5 Å². The number of likely N-dealkylation sites (N-methyl/N-ethyl adjacent to an activating group) is 1. The van der Waals surface area contributed by atoms with E-state index in [0.29, 0.717) is 29.2 Å². The van der Waals surface area contributed by atoms with E-state index in [1.807, 2.05) is 35.1 Å². The molecule has 3 amide bonds. The number of nitrogens with zero attached hydrogens (tertiary/aromatic N) is 1. The monoisotopic (exact) mass is 509 g/mol. The van der Waals surface area contributed by atoms with Crippen LogP contribution in [0.15, 0.2) is 77.7 Å². The van der Waals surface area contributed by atoms with Crippen molar-refractivity contribution in [3.05, 3.63) is 83.9 Å². The molecule has 0 spiro atoms. The molecule has 2 N–H and O–H groups in total. The summed E-state index contributed by atoms with van der Waals surface area (Å²) in [7, 11) is -2.54. The predicted octanol–water partition coefficient (Wildman–Crippen LogP) is 3.38. The van der Waals surface area contributed by atoms with E-state index < -0.39 is 28.0 Å². The minimum atomic E-state index is -4.13. The third-order valence-corrected chi connectivity index (χ3v) is 7.34. The number of ether oxygens (including phenoxy) is 2. The normalized spacial score (nSPS) is 13.1. The van der Waals surface area contributed by atoms with E-state index in [2.05, 4.69) is 5.32 Å². The van der Waals surface area contributed by atoms with E-state index in [9.17, 15) is 18.0 Å². The van der Waals surface area contributed by atoms with Crippen molar-refractivity contribution in [1.82, 2.24) is 10.0 Å². The molecule has 10 heteroatoms. The quantitative estimate of drug-likeness (QED) is 0.481. The number of carbonyl (C=O) groups excluding carboxylic acids is 2. The molecule has 4 rings (SSSR count). The molecule has 1 heterocycles. The summed E-state index contributed by atoms with van der Waals surface area (Å²) in [5.74, 6) is 0.690. The van der Waals surface area contributed by atoms with Crippen molar-refractivity contribution in [2.45, 2.75) is 30.7 Å². The zero-order valence-corrected chi connectivity index (χ0v) is 20.7. The first-order valence-corrected chi connectivity index (χ1v) is 12.8. The lowest BCUT2D eigenvalue weighted by Gasteiger charge is -2.25. The molecule has 0 bridgehead atoms. The van der Waals surface area contributed by atoms with Crippen LogP contribution >= 0.6 is 0 Å². The number of hydrogen-bond acceptors (Lipinski definition) is 6. The Morgan fingerprint density at radius 1 is 0.972 bits per heavy atom. The summed E-state index contributed by atoms with van der Waals surface area (Å²) in [6.07, 6.45) is 0.757. The Balaban J connectivity index is 1.52. The molecule has 0 saturated carbocycles. The van der Waals surface area contributed by atoms with Gasteiger partial charge in [0.25, 0.3) is 10.0 Å². The number of rotatable bonds is 8. The molecule has 3 aromatic rings. The first kappa shape index (κ1) is 25.1. The van der Waals surface area contributed by atoms with Crippen LogP contribution in [0, 0.1) is 6.92 Å². The Bertz CT molecular complexity index is 1360. The Morgan fingerprint density at radius 3 is 2.42 bits per heavy atom. The first-order valence-electron chi connectivity index (χ1n) is 11.3. The van der Waals surface area contributed by atoms with Gasteiger partial charge >= 0.3 is 6.03 Å². The number of carbonyl (C=O) groups is 2. The fourth-order valence-electron chi connectivity index (χ4n) is 3.89. The van der Waals surface area contributed by atoms with Crippen molar-refractivity contribution in [2.75, 3.05) is 18.7 Å². The van der Waals surface area contributed by atoms with Gasteiger partial charge in [0.15, 0.2) is 11.5 Å². The Labute approximate surface area is 210 Å². The van der Waals surface area contributed by atoms with E-state index in [1.54, 1.807) is 50.4 Å². The highest BCUT2D eigenvalue weighted by Gasteiger charge is 2.28. The summed E-state index contributed by atoms with van der Waals surface area (Å²) in [6, 6.07) is 19.0. The van der Waals surface area contributed by atoms with E-state index >= 15 is 0 Å². The maximum absolute atomic E-state index is 13.5. The topological polar surface area (TPSA) is 114 Å². The first-order chi connectivity index (χ1) is 17.2. The number of nitrogens with one attached hydrogen (secondary N) is 2. The van der Waals surface area contributed by atoms with E-state index in [1.165, 1.54) is 11.0 Å². The maximum Gasteiger partial charge on any atom is 0.329 e. The van der Waals surface area contributed by atoms with Gasteiger partial charge in [0.05, 0.1) is 4.90 Å². The standard InChI is InChI=1S/C26H27N3O6S/c1-18-8-6-7-11-24(18)36(32,33)28-26(31)27-21(14-12-19-9-4-3-5-10-19)25(30)29(2)20-13-15-22-23(16-20)35-17-34-22/h3-11,13,15-16,21H,12,14,17H2,1-2H3,(H2,27,28,31)/t21-/m0/s1. The van der Waals surface area contributed by atoms with Crippen LogP contribution in [0.4, 0.5) is 10.5 Å². The molecule has 0 aromatic heterocycles. The number of urea groups is 1. The number of aryl methyl sites for hydroxylation is 2. The van der Waals surface area contributed by atoms with E-state index in [4.69, 9.17) is 9.47 Å². The van der Waals surface area contributed by atoms with Crippen LogP contribution in [0.3, 0.4) is 0 Å².